The summed E-state index contributed by atoms with van der Waals surface area (Å²) in [6.07, 6.45) is 1.03. The van der Waals surface area contributed by atoms with Crippen LogP contribution in [0.5, 0.6) is 0 Å². The Morgan fingerprint density at radius 1 is 1.38 bits per heavy atom. The predicted molar refractivity (Wildman–Crippen MR) is 84.7 cm³/mol. The first-order valence-corrected chi connectivity index (χ1v) is 8.71. The molecule has 1 unspecified atom stereocenters. The molecule has 0 radical (unpaired) electrons. The molecule has 1 atom stereocenters. The quantitative estimate of drug-likeness (QED) is 0.763. The molecule has 0 aliphatic carbocycles. The molecule has 0 aliphatic rings. The van der Waals surface area contributed by atoms with Gasteiger partial charge in [-0.05, 0) is 44.5 Å². The summed E-state index contributed by atoms with van der Waals surface area (Å²) in [5, 5.41) is 9.22. The summed E-state index contributed by atoms with van der Waals surface area (Å²) in [6.45, 7) is 6.80. The first-order valence-electron chi connectivity index (χ1n) is 7.22. The third-order valence-corrected chi connectivity index (χ3v) is 5.56. The summed E-state index contributed by atoms with van der Waals surface area (Å²) in [7, 11) is -1.55. The van der Waals surface area contributed by atoms with Crippen molar-refractivity contribution in [1.29, 1.82) is 0 Å². The largest absolute Gasteiger partial charge is 0.392 e. The summed E-state index contributed by atoms with van der Waals surface area (Å²) in [5.74, 6) is 0. The summed E-state index contributed by atoms with van der Waals surface area (Å²) in [4.78, 5) is 2.36. The Labute approximate surface area is 128 Å². The van der Waals surface area contributed by atoms with Crippen LogP contribution in [-0.4, -0.2) is 44.6 Å². The number of aliphatic hydroxyl groups is 1. The van der Waals surface area contributed by atoms with Crippen molar-refractivity contribution in [2.24, 2.45) is 0 Å². The lowest BCUT2D eigenvalue weighted by atomic mass is 10.1. The average molecular weight is 314 g/mol. The van der Waals surface area contributed by atoms with Gasteiger partial charge in [0.15, 0.2) is 0 Å². The van der Waals surface area contributed by atoms with Crippen LogP contribution in [0, 0.1) is 6.92 Å². The topological polar surface area (TPSA) is 69.6 Å². The number of likely N-dealkylation sites (N-methyl/N-ethyl adjacent to an activating group) is 1. The minimum absolute atomic E-state index is 0.161. The van der Waals surface area contributed by atoms with Gasteiger partial charge in [-0.3, -0.25) is 0 Å². The molecule has 6 heteroatoms. The van der Waals surface area contributed by atoms with Gasteiger partial charge in [0.2, 0.25) is 10.0 Å². The molecule has 1 aromatic rings. The van der Waals surface area contributed by atoms with Gasteiger partial charge in [-0.1, -0.05) is 19.1 Å². The van der Waals surface area contributed by atoms with Crippen LogP contribution in [0.15, 0.2) is 23.1 Å². The molecule has 0 amide bonds. The summed E-state index contributed by atoms with van der Waals surface area (Å²) in [6, 6.07) is 5.37. The maximum absolute atomic E-state index is 12.3. The van der Waals surface area contributed by atoms with Gasteiger partial charge in [0, 0.05) is 19.1 Å². The standard InChI is InChI=1S/C15H26N2O3S/c1-5-12(2)17(4)10-9-16-21(19,20)15-8-6-7-14(11-18)13(15)3/h6-8,12,16,18H,5,9-11H2,1-4H3. The van der Waals surface area contributed by atoms with Crippen LogP contribution < -0.4 is 4.72 Å². The van der Waals surface area contributed by atoms with E-state index in [-0.39, 0.29) is 11.5 Å². The normalized spacial score (nSPS) is 13.6. The Morgan fingerprint density at radius 2 is 2.05 bits per heavy atom. The van der Waals surface area contributed by atoms with E-state index in [4.69, 9.17) is 0 Å². The average Bonchev–Trinajstić information content (AvgIpc) is 2.46. The SMILES string of the molecule is CCC(C)N(C)CCNS(=O)(=O)c1cccc(CO)c1C. The lowest BCUT2D eigenvalue weighted by molar-refractivity contribution is 0.256. The molecule has 120 valence electrons. The van der Waals surface area contributed by atoms with E-state index < -0.39 is 10.0 Å². The molecule has 1 rings (SSSR count). The highest BCUT2D eigenvalue weighted by atomic mass is 32.2. The zero-order chi connectivity index (χ0) is 16.0. The van der Waals surface area contributed by atoms with Crippen LogP contribution in [-0.2, 0) is 16.6 Å². The first-order chi connectivity index (χ1) is 9.83. The molecular formula is C15H26N2O3S. The van der Waals surface area contributed by atoms with E-state index in [1.807, 2.05) is 7.05 Å². The van der Waals surface area contributed by atoms with Gasteiger partial charge < -0.3 is 10.0 Å². The molecule has 1 aromatic carbocycles. The second kappa shape index (κ2) is 7.89. The van der Waals surface area contributed by atoms with Gasteiger partial charge >= 0.3 is 0 Å². The fourth-order valence-electron chi connectivity index (χ4n) is 2.09. The van der Waals surface area contributed by atoms with Gasteiger partial charge in [-0.15, -0.1) is 0 Å². The fraction of sp³-hybridized carbons (Fsp3) is 0.600. The number of rotatable bonds is 8. The zero-order valence-corrected chi connectivity index (χ0v) is 14.1. The molecule has 0 bridgehead atoms. The van der Waals surface area contributed by atoms with E-state index in [9.17, 15) is 13.5 Å². The minimum atomic E-state index is -3.54. The highest BCUT2D eigenvalue weighted by Crippen LogP contribution is 2.18. The smallest absolute Gasteiger partial charge is 0.240 e. The lowest BCUT2D eigenvalue weighted by Crippen LogP contribution is -2.37. The van der Waals surface area contributed by atoms with Crippen molar-refractivity contribution >= 4 is 10.0 Å². The van der Waals surface area contributed by atoms with Gasteiger partial charge in [0.1, 0.15) is 0 Å². The zero-order valence-electron chi connectivity index (χ0n) is 13.3. The second-order valence-corrected chi connectivity index (χ2v) is 7.07. The van der Waals surface area contributed by atoms with Crippen molar-refractivity contribution in [3.63, 3.8) is 0 Å². The monoisotopic (exact) mass is 314 g/mol. The number of nitrogens with one attached hydrogen (secondary N) is 1. The Bertz CT molecular complexity index is 558. The molecule has 0 aromatic heterocycles. The van der Waals surface area contributed by atoms with Crippen molar-refractivity contribution in [2.45, 2.75) is 44.7 Å². The van der Waals surface area contributed by atoms with Crippen LogP contribution in [0.2, 0.25) is 0 Å². The molecule has 0 saturated heterocycles. The van der Waals surface area contributed by atoms with Crippen molar-refractivity contribution in [3.05, 3.63) is 29.3 Å². The maximum Gasteiger partial charge on any atom is 0.240 e. The highest BCUT2D eigenvalue weighted by Gasteiger charge is 2.18. The Kier molecular flexibility index (Phi) is 6.80. The number of hydrogen-bond donors (Lipinski definition) is 2. The van der Waals surface area contributed by atoms with Gasteiger partial charge in [0.25, 0.3) is 0 Å². The van der Waals surface area contributed by atoms with Gasteiger partial charge in [-0.25, -0.2) is 13.1 Å². The van der Waals surface area contributed by atoms with Crippen LogP contribution >= 0.6 is 0 Å². The Morgan fingerprint density at radius 3 is 2.62 bits per heavy atom. The minimum Gasteiger partial charge on any atom is -0.392 e. The number of aliphatic hydroxyl groups excluding tert-OH is 1. The Balaban J connectivity index is 2.75. The summed E-state index contributed by atoms with van der Waals surface area (Å²) in [5.41, 5.74) is 1.23. The van der Waals surface area contributed by atoms with Gasteiger partial charge in [-0.2, -0.15) is 0 Å². The number of sulfonamides is 1. The molecule has 2 N–H and O–H groups in total. The van der Waals surface area contributed by atoms with E-state index in [1.54, 1.807) is 25.1 Å². The fourth-order valence-corrected chi connectivity index (χ4v) is 3.40. The van der Waals surface area contributed by atoms with E-state index in [0.717, 1.165) is 6.42 Å². The molecular weight excluding hydrogens is 288 g/mol. The van der Waals surface area contributed by atoms with Crippen molar-refractivity contribution in [1.82, 2.24) is 9.62 Å². The highest BCUT2D eigenvalue weighted by molar-refractivity contribution is 7.89. The first kappa shape index (κ1) is 18.1. The third-order valence-electron chi connectivity index (χ3n) is 3.96. The van der Waals surface area contributed by atoms with E-state index >= 15 is 0 Å². The van der Waals surface area contributed by atoms with Crippen LogP contribution in [0.3, 0.4) is 0 Å². The molecule has 5 nitrogen and oxygen atoms in total. The molecule has 0 heterocycles. The molecule has 0 fully saturated rings. The second-order valence-electron chi connectivity index (χ2n) is 5.33. The van der Waals surface area contributed by atoms with Crippen LogP contribution in [0.4, 0.5) is 0 Å². The van der Waals surface area contributed by atoms with E-state index in [1.165, 1.54) is 0 Å². The van der Waals surface area contributed by atoms with Gasteiger partial charge in [0.05, 0.1) is 11.5 Å². The predicted octanol–water partition coefficient (Wildman–Crippen LogP) is 1.50. The molecule has 0 aliphatic heterocycles. The third kappa shape index (κ3) is 4.78. The van der Waals surface area contributed by atoms with Crippen molar-refractivity contribution in [2.75, 3.05) is 20.1 Å². The maximum atomic E-state index is 12.3. The molecule has 0 saturated carbocycles. The van der Waals surface area contributed by atoms with Crippen LogP contribution in [0.1, 0.15) is 31.4 Å². The number of nitrogens with zero attached hydrogens (tertiary/aromatic N) is 1. The Hall–Kier alpha value is -0.950. The number of hydrogen-bond acceptors (Lipinski definition) is 4. The van der Waals surface area contributed by atoms with Crippen molar-refractivity contribution in [3.8, 4) is 0 Å². The van der Waals surface area contributed by atoms with Crippen LogP contribution in [0.25, 0.3) is 0 Å². The lowest BCUT2D eigenvalue weighted by Gasteiger charge is -2.23. The molecule has 21 heavy (non-hydrogen) atoms. The summed E-state index contributed by atoms with van der Waals surface area (Å²) < 4.78 is 27.3. The van der Waals surface area contributed by atoms with E-state index in [0.29, 0.717) is 30.3 Å². The number of benzene rings is 1. The molecule has 0 spiro atoms. The summed E-state index contributed by atoms with van der Waals surface area (Å²) >= 11 is 0. The van der Waals surface area contributed by atoms with Crippen molar-refractivity contribution < 1.29 is 13.5 Å². The van der Waals surface area contributed by atoms with E-state index in [2.05, 4.69) is 23.5 Å².